The van der Waals surface area contributed by atoms with Crippen molar-refractivity contribution < 1.29 is 9.53 Å². The predicted octanol–water partition coefficient (Wildman–Crippen LogP) is 1.99. The second-order valence-electron chi connectivity index (χ2n) is 4.86. The first-order valence-electron chi connectivity index (χ1n) is 6.65. The van der Waals surface area contributed by atoms with E-state index >= 15 is 0 Å². The van der Waals surface area contributed by atoms with Crippen LogP contribution < -0.4 is 10.2 Å². The van der Waals surface area contributed by atoms with Crippen molar-refractivity contribution >= 4 is 33.9 Å². The van der Waals surface area contributed by atoms with Gasteiger partial charge in [-0.2, -0.15) is 4.37 Å². The van der Waals surface area contributed by atoms with Gasteiger partial charge in [-0.05, 0) is 23.8 Å². The Morgan fingerprint density at radius 2 is 2.33 bits per heavy atom. The zero-order valence-electron chi connectivity index (χ0n) is 11.9. The van der Waals surface area contributed by atoms with E-state index in [1.807, 2.05) is 18.2 Å². The van der Waals surface area contributed by atoms with Gasteiger partial charge in [0.1, 0.15) is 5.82 Å². The van der Waals surface area contributed by atoms with Crippen molar-refractivity contribution in [1.29, 1.82) is 0 Å². The van der Waals surface area contributed by atoms with Crippen molar-refractivity contribution in [2.75, 3.05) is 31.0 Å². The minimum Gasteiger partial charge on any atom is -0.384 e. The molecule has 2 heterocycles. The highest BCUT2D eigenvalue weighted by molar-refractivity contribution is 7.09. The van der Waals surface area contributed by atoms with E-state index in [0.29, 0.717) is 19.4 Å². The molecule has 0 unspecified atom stereocenters. The zero-order valence-corrected chi connectivity index (χ0v) is 12.7. The quantitative estimate of drug-likeness (QED) is 0.915. The Morgan fingerprint density at radius 3 is 3.14 bits per heavy atom. The molecule has 1 aliphatic heterocycles. The summed E-state index contributed by atoms with van der Waals surface area (Å²) in [7, 11) is 3.46. The molecule has 0 atom stereocenters. The molecule has 0 saturated heterocycles. The molecule has 0 saturated carbocycles. The molecule has 1 aromatic carbocycles. The molecule has 6 nitrogen and oxygen atoms in total. The standard InChI is InChI=1S/C14H16N4O2S/c1-18-11-4-3-10(7-9(11)8-13(18)19)15-14-16-12(17-21-14)5-6-20-2/h3-4,7H,5-6,8H2,1-2H3,(H,15,16,17). The fourth-order valence-corrected chi connectivity index (χ4v) is 2.90. The summed E-state index contributed by atoms with van der Waals surface area (Å²) >= 11 is 1.32. The lowest BCUT2D eigenvalue weighted by molar-refractivity contribution is -0.117. The van der Waals surface area contributed by atoms with Crippen LogP contribution in [0.25, 0.3) is 0 Å². The Balaban J connectivity index is 1.73. The average Bonchev–Trinajstić information content (AvgIpc) is 3.02. The Labute approximate surface area is 126 Å². The van der Waals surface area contributed by atoms with Crippen LogP contribution in [0, 0.1) is 0 Å². The molecule has 7 heteroatoms. The number of rotatable bonds is 5. The highest BCUT2D eigenvalue weighted by Gasteiger charge is 2.23. The van der Waals surface area contributed by atoms with E-state index in [0.717, 1.165) is 27.9 Å². The summed E-state index contributed by atoms with van der Waals surface area (Å²) in [6.45, 7) is 0.615. The smallest absolute Gasteiger partial charge is 0.231 e. The molecule has 1 N–H and O–H groups in total. The van der Waals surface area contributed by atoms with Gasteiger partial charge in [-0.3, -0.25) is 4.79 Å². The van der Waals surface area contributed by atoms with Gasteiger partial charge >= 0.3 is 0 Å². The summed E-state index contributed by atoms with van der Waals surface area (Å²) in [5.74, 6) is 0.903. The van der Waals surface area contributed by atoms with Gasteiger partial charge in [-0.1, -0.05) is 0 Å². The second kappa shape index (κ2) is 5.79. The van der Waals surface area contributed by atoms with Crippen LogP contribution in [0.5, 0.6) is 0 Å². The van der Waals surface area contributed by atoms with Crippen LogP contribution in [-0.2, 0) is 22.4 Å². The summed E-state index contributed by atoms with van der Waals surface area (Å²) in [4.78, 5) is 17.8. The van der Waals surface area contributed by atoms with E-state index in [9.17, 15) is 4.79 Å². The number of nitrogens with one attached hydrogen (secondary N) is 1. The molecular weight excluding hydrogens is 288 g/mol. The van der Waals surface area contributed by atoms with Crippen LogP contribution in [0.15, 0.2) is 18.2 Å². The summed E-state index contributed by atoms with van der Waals surface area (Å²) in [5.41, 5.74) is 2.94. The second-order valence-corrected chi connectivity index (χ2v) is 5.61. The molecule has 3 rings (SSSR count). The number of anilines is 3. The van der Waals surface area contributed by atoms with Gasteiger partial charge in [-0.15, -0.1) is 0 Å². The molecule has 21 heavy (non-hydrogen) atoms. The first kappa shape index (κ1) is 14.0. The van der Waals surface area contributed by atoms with Crippen LogP contribution >= 0.6 is 11.5 Å². The number of fused-ring (bicyclic) bond motifs is 1. The van der Waals surface area contributed by atoms with Crippen LogP contribution in [0.4, 0.5) is 16.5 Å². The van der Waals surface area contributed by atoms with Crippen molar-refractivity contribution in [2.24, 2.45) is 0 Å². The molecule has 1 amide bonds. The third-order valence-electron chi connectivity index (χ3n) is 3.41. The van der Waals surface area contributed by atoms with Crippen molar-refractivity contribution in [1.82, 2.24) is 9.36 Å². The van der Waals surface area contributed by atoms with Gasteiger partial charge in [0.15, 0.2) is 0 Å². The molecule has 0 spiro atoms. The van der Waals surface area contributed by atoms with E-state index in [4.69, 9.17) is 4.74 Å². The molecule has 1 aliphatic rings. The number of methoxy groups -OCH3 is 1. The van der Waals surface area contributed by atoms with Gasteiger partial charge < -0.3 is 15.0 Å². The maximum atomic E-state index is 11.7. The first-order valence-corrected chi connectivity index (χ1v) is 7.43. The van der Waals surface area contributed by atoms with Crippen molar-refractivity contribution in [3.05, 3.63) is 29.6 Å². The van der Waals surface area contributed by atoms with E-state index in [1.54, 1.807) is 19.1 Å². The van der Waals surface area contributed by atoms with Gasteiger partial charge in [0.05, 0.1) is 13.0 Å². The van der Waals surface area contributed by atoms with E-state index in [-0.39, 0.29) is 5.91 Å². The lowest BCUT2D eigenvalue weighted by Gasteiger charge is -2.10. The number of nitrogens with zero attached hydrogens (tertiary/aromatic N) is 3. The van der Waals surface area contributed by atoms with Crippen LogP contribution in [0.1, 0.15) is 11.4 Å². The van der Waals surface area contributed by atoms with Crippen molar-refractivity contribution in [2.45, 2.75) is 12.8 Å². The number of hydrogen-bond acceptors (Lipinski definition) is 6. The number of ether oxygens (including phenoxy) is 1. The normalized spacial score (nSPS) is 13.6. The summed E-state index contributed by atoms with van der Waals surface area (Å²) in [6, 6.07) is 5.90. The summed E-state index contributed by atoms with van der Waals surface area (Å²) in [6.07, 6.45) is 1.16. The van der Waals surface area contributed by atoms with Gasteiger partial charge in [0.25, 0.3) is 0 Å². The third-order valence-corrected chi connectivity index (χ3v) is 4.07. The molecular formula is C14H16N4O2S. The van der Waals surface area contributed by atoms with E-state index in [1.165, 1.54) is 11.5 Å². The number of likely N-dealkylation sites (N-methyl/N-ethyl adjacent to an activating group) is 1. The van der Waals surface area contributed by atoms with Crippen LogP contribution in [0.3, 0.4) is 0 Å². The fraction of sp³-hybridized carbons (Fsp3) is 0.357. The van der Waals surface area contributed by atoms with E-state index < -0.39 is 0 Å². The Morgan fingerprint density at radius 1 is 1.48 bits per heavy atom. The van der Waals surface area contributed by atoms with Gasteiger partial charge in [0.2, 0.25) is 11.0 Å². The molecule has 2 aromatic rings. The molecule has 110 valence electrons. The maximum absolute atomic E-state index is 11.7. The SMILES string of the molecule is COCCc1nsc(Nc2ccc3c(c2)CC(=O)N3C)n1. The van der Waals surface area contributed by atoms with Crippen molar-refractivity contribution in [3.8, 4) is 0 Å². The zero-order chi connectivity index (χ0) is 14.8. The molecule has 0 radical (unpaired) electrons. The predicted molar refractivity (Wildman–Crippen MR) is 82.3 cm³/mol. The maximum Gasteiger partial charge on any atom is 0.231 e. The summed E-state index contributed by atoms with van der Waals surface area (Å²) < 4.78 is 9.28. The number of hydrogen-bond donors (Lipinski definition) is 1. The number of benzene rings is 1. The molecule has 0 aliphatic carbocycles. The Bertz CT molecular complexity index is 671. The highest BCUT2D eigenvalue weighted by Crippen LogP contribution is 2.31. The van der Waals surface area contributed by atoms with Crippen LogP contribution in [0.2, 0.25) is 0 Å². The third kappa shape index (κ3) is 2.88. The monoisotopic (exact) mass is 304 g/mol. The lowest BCUT2D eigenvalue weighted by Crippen LogP contribution is -2.20. The number of aromatic nitrogens is 2. The average molecular weight is 304 g/mol. The van der Waals surface area contributed by atoms with Gasteiger partial charge in [0, 0.05) is 43.5 Å². The number of carbonyl (C=O) groups is 1. The fourth-order valence-electron chi connectivity index (χ4n) is 2.27. The molecule has 0 fully saturated rings. The minimum atomic E-state index is 0.125. The largest absolute Gasteiger partial charge is 0.384 e. The van der Waals surface area contributed by atoms with E-state index in [2.05, 4.69) is 14.7 Å². The van der Waals surface area contributed by atoms with Crippen LogP contribution in [-0.4, -0.2) is 36.0 Å². The molecule has 0 bridgehead atoms. The topological polar surface area (TPSA) is 67.3 Å². The van der Waals surface area contributed by atoms with Crippen molar-refractivity contribution in [3.63, 3.8) is 0 Å². The van der Waals surface area contributed by atoms with Gasteiger partial charge in [-0.25, -0.2) is 4.98 Å². The molecule has 1 aromatic heterocycles. The Kier molecular flexibility index (Phi) is 3.85. The highest BCUT2D eigenvalue weighted by atomic mass is 32.1. The number of carbonyl (C=O) groups excluding carboxylic acids is 1. The Hall–Kier alpha value is -1.99. The number of amides is 1. The summed E-state index contributed by atoms with van der Waals surface area (Å²) in [5, 5.41) is 3.98. The lowest BCUT2D eigenvalue weighted by atomic mass is 10.1. The first-order chi connectivity index (χ1) is 10.2. The minimum absolute atomic E-state index is 0.125.